The van der Waals surface area contributed by atoms with E-state index in [2.05, 4.69) is 0 Å². The minimum absolute atomic E-state index is 0.200. The quantitative estimate of drug-likeness (QED) is 0.645. The highest BCUT2D eigenvalue weighted by Crippen LogP contribution is 2.53. The van der Waals surface area contributed by atoms with Crippen molar-refractivity contribution in [1.29, 1.82) is 0 Å². The van der Waals surface area contributed by atoms with Gasteiger partial charge in [0.15, 0.2) is 0 Å². The van der Waals surface area contributed by atoms with Crippen molar-refractivity contribution < 1.29 is 29.4 Å². The lowest BCUT2D eigenvalue weighted by atomic mass is 9.51. The smallest absolute Gasteiger partial charge is 0.307 e. The van der Waals surface area contributed by atoms with Gasteiger partial charge in [-0.15, -0.1) is 0 Å². The molecule has 0 aliphatic carbocycles. The first-order valence-electron chi connectivity index (χ1n) is 8.46. The number of carbonyl (C=O) groups excluding carboxylic acids is 2. The molecule has 0 saturated carbocycles. The van der Waals surface area contributed by atoms with Crippen molar-refractivity contribution in [3.63, 3.8) is 0 Å². The standard InChI is InChI=1S/C19H32O6/c1-11(20)19(12(2)21,10-9-13(22)23)15(18(6,7)8)14(16(24)25)17(3,4)5/h14-15H,9-10H2,1-8H3,(H,22,23)(H,24,25). The van der Waals surface area contributed by atoms with E-state index in [0.29, 0.717) is 0 Å². The summed E-state index contributed by atoms with van der Waals surface area (Å²) in [6, 6.07) is 0. The van der Waals surface area contributed by atoms with Crippen LogP contribution in [0.5, 0.6) is 0 Å². The minimum Gasteiger partial charge on any atom is -0.481 e. The Balaban J connectivity index is 6.77. The van der Waals surface area contributed by atoms with E-state index in [4.69, 9.17) is 5.11 Å². The van der Waals surface area contributed by atoms with Gasteiger partial charge in [-0.05, 0) is 37.0 Å². The molecule has 0 aromatic heterocycles. The summed E-state index contributed by atoms with van der Waals surface area (Å²) < 4.78 is 0. The molecule has 2 atom stereocenters. The fraction of sp³-hybridized carbons (Fsp3) is 0.789. The number of rotatable bonds is 8. The molecular formula is C19H32O6. The highest BCUT2D eigenvalue weighted by atomic mass is 16.4. The molecule has 0 aromatic carbocycles. The van der Waals surface area contributed by atoms with Crippen molar-refractivity contribution in [1.82, 2.24) is 0 Å². The number of carbonyl (C=O) groups is 4. The van der Waals surface area contributed by atoms with E-state index in [-0.39, 0.29) is 12.8 Å². The van der Waals surface area contributed by atoms with Gasteiger partial charge in [-0.25, -0.2) is 0 Å². The average molecular weight is 356 g/mol. The first-order chi connectivity index (χ1) is 11.0. The van der Waals surface area contributed by atoms with Gasteiger partial charge in [0.2, 0.25) is 0 Å². The van der Waals surface area contributed by atoms with Crippen LogP contribution in [0.2, 0.25) is 0 Å². The van der Waals surface area contributed by atoms with Crippen molar-refractivity contribution in [2.45, 2.75) is 68.2 Å². The van der Waals surface area contributed by atoms with Gasteiger partial charge in [0.25, 0.3) is 0 Å². The molecule has 0 radical (unpaired) electrons. The molecule has 0 amide bonds. The number of ketones is 2. The van der Waals surface area contributed by atoms with Gasteiger partial charge in [-0.2, -0.15) is 0 Å². The summed E-state index contributed by atoms with van der Waals surface area (Å²) in [5.74, 6) is -4.99. The highest BCUT2D eigenvalue weighted by Gasteiger charge is 2.58. The Kier molecular flexibility index (Phi) is 7.14. The Hall–Kier alpha value is -1.72. The first-order valence-corrected chi connectivity index (χ1v) is 8.46. The minimum atomic E-state index is -1.65. The number of carboxylic acid groups (broad SMARTS) is 2. The van der Waals surface area contributed by atoms with E-state index in [1.54, 1.807) is 41.5 Å². The molecule has 0 spiro atoms. The molecule has 0 aromatic rings. The van der Waals surface area contributed by atoms with E-state index < -0.39 is 51.6 Å². The third-order valence-electron chi connectivity index (χ3n) is 4.99. The zero-order chi connectivity index (χ0) is 20.4. The lowest BCUT2D eigenvalue weighted by molar-refractivity contribution is -0.164. The van der Waals surface area contributed by atoms with E-state index in [1.807, 2.05) is 0 Å². The predicted molar refractivity (Wildman–Crippen MR) is 94.2 cm³/mol. The summed E-state index contributed by atoms with van der Waals surface area (Å²) >= 11 is 0. The summed E-state index contributed by atoms with van der Waals surface area (Å²) in [7, 11) is 0. The van der Waals surface area contributed by atoms with Gasteiger partial charge >= 0.3 is 11.9 Å². The first kappa shape index (κ1) is 23.3. The van der Waals surface area contributed by atoms with Crippen LogP contribution >= 0.6 is 0 Å². The van der Waals surface area contributed by atoms with Crippen LogP contribution in [0.15, 0.2) is 0 Å². The van der Waals surface area contributed by atoms with Crippen LogP contribution in [0.3, 0.4) is 0 Å². The maximum absolute atomic E-state index is 12.7. The zero-order valence-electron chi connectivity index (χ0n) is 16.6. The number of hydrogen-bond donors (Lipinski definition) is 2. The predicted octanol–water partition coefficient (Wildman–Crippen LogP) is 3.42. The van der Waals surface area contributed by atoms with Crippen molar-refractivity contribution in [2.75, 3.05) is 0 Å². The summed E-state index contributed by atoms with van der Waals surface area (Å²) in [4.78, 5) is 48.6. The third-order valence-corrected chi connectivity index (χ3v) is 4.99. The molecule has 0 aliphatic heterocycles. The van der Waals surface area contributed by atoms with Gasteiger partial charge in [0.05, 0.1) is 11.3 Å². The number of Topliss-reactive ketones (excluding diaryl/α,β-unsaturated/α-hetero) is 2. The van der Waals surface area contributed by atoms with Crippen LogP contribution in [0, 0.1) is 28.1 Å². The Bertz CT molecular complexity index is 533. The van der Waals surface area contributed by atoms with Crippen LogP contribution in [0.25, 0.3) is 0 Å². The Morgan fingerprint density at radius 1 is 0.800 bits per heavy atom. The van der Waals surface area contributed by atoms with Crippen LogP contribution in [-0.4, -0.2) is 33.7 Å². The highest BCUT2D eigenvalue weighted by molar-refractivity contribution is 6.06. The largest absolute Gasteiger partial charge is 0.481 e. The molecule has 0 heterocycles. The van der Waals surface area contributed by atoms with Crippen LogP contribution in [-0.2, 0) is 19.2 Å². The monoisotopic (exact) mass is 356 g/mol. The van der Waals surface area contributed by atoms with E-state index in [9.17, 15) is 24.3 Å². The van der Waals surface area contributed by atoms with Gasteiger partial charge in [0, 0.05) is 6.42 Å². The molecule has 2 unspecified atom stereocenters. The molecule has 0 aliphatic rings. The SMILES string of the molecule is CC(=O)C(CCC(=O)O)(C(C)=O)C(C(C(=O)O)C(C)(C)C)C(C)(C)C. The second-order valence-electron chi connectivity index (χ2n) is 9.00. The topological polar surface area (TPSA) is 109 Å². The van der Waals surface area contributed by atoms with Gasteiger partial charge in [-0.1, -0.05) is 41.5 Å². The summed E-state index contributed by atoms with van der Waals surface area (Å²) in [5.41, 5.74) is -3.07. The van der Waals surface area contributed by atoms with Crippen LogP contribution < -0.4 is 0 Å². The number of carboxylic acids is 2. The molecule has 0 fully saturated rings. The molecular weight excluding hydrogens is 324 g/mol. The normalized spacial score (nSPS) is 15.4. The lowest BCUT2D eigenvalue weighted by Crippen LogP contribution is -2.56. The number of hydrogen-bond acceptors (Lipinski definition) is 4. The second kappa shape index (κ2) is 7.67. The summed E-state index contributed by atoms with van der Waals surface area (Å²) in [6.07, 6.45) is -0.572. The molecule has 0 saturated heterocycles. The van der Waals surface area contributed by atoms with Crippen molar-refractivity contribution in [2.24, 2.45) is 28.1 Å². The maximum Gasteiger partial charge on any atom is 0.307 e. The summed E-state index contributed by atoms with van der Waals surface area (Å²) in [6.45, 7) is 13.2. The molecule has 0 bridgehead atoms. The zero-order valence-corrected chi connectivity index (χ0v) is 16.6. The van der Waals surface area contributed by atoms with E-state index in [0.717, 1.165) is 0 Å². The van der Waals surface area contributed by atoms with Crippen LogP contribution in [0.4, 0.5) is 0 Å². The molecule has 0 rings (SSSR count). The molecule has 6 nitrogen and oxygen atoms in total. The molecule has 144 valence electrons. The maximum atomic E-state index is 12.7. The van der Waals surface area contributed by atoms with E-state index in [1.165, 1.54) is 13.8 Å². The number of aliphatic carboxylic acids is 2. The molecule has 25 heavy (non-hydrogen) atoms. The second-order valence-corrected chi connectivity index (χ2v) is 9.00. The Morgan fingerprint density at radius 2 is 1.20 bits per heavy atom. The van der Waals surface area contributed by atoms with Gasteiger partial charge in [-0.3, -0.25) is 19.2 Å². The fourth-order valence-electron chi connectivity index (χ4n) is 4.03. The lowest BCUT2D eigenvalue weighted by Gasteiger charge is -2.50. The van der Waals surface area contributed by atoms with Crippen molar-refractivity contribution in [3.8, 4) is 0 Å². The van der Waals surface area contributed by atoms with E-state index >= 15 is 0 Å². The fourth-order valence-corrected chi connectivity index (χ4v) is 4.03. The van der Waals surface area contributed by atoms with Gasteiger partial charge in [0.1, 0.15) is 11.6 Å². The Labute approximate surface area is 150 Å². The molecule has 6 heteroatoms. The molecule has 2 N–H and O–H groups in total. The van der Waals surface area contributed by atoms with Crippen molar-refractivity contribution >= 4 is 23.5 Å². The van der Waals surface area contributed by atoms with Crippen LogP contribution in [0.1, 0.15) is 68.2 Å². The summed E-state index contributed by atoms with van der Waals surface area (Å²) in [5, 5.41) is 19.0. The average Bonchev–Trinajstić information content (AvgIpc) is 2.33. The van der Waals surface area contributed by atoms with Gasteiger partial charge < -0.3 is 10.2 Å². The third kappa shape index (κ3) is 5.13. The Morgan fingerprint density at radius 3 is 1.40 bits per heavy atom. The van der Waals surface area contributed by atoms with Crippen molar-refractivity contribution in [3.05, 3.63) is 0 Å².